The summed E-state index contributed by atoms with van der Waals surface area (Å²) >= 11 is 0. The zero-order valence-electron chi connectivity index (χ0n) is 21.4. The van der Waals surface area contributed by atoms with Crippen molar-refractivity contribution in [3.63, 3.8) is 0 Å². The largest absolute Gasteiger partial charge is 0.223 e. The van der Waals surface area contributed by atoms with E-state index in [-0.39, 0.29) is 15.8 Å². The fourth-order valence-corrected chi connectivity index (χ4v) is 10.5. The normalized spacial score (nSPS) is 12.8. The lowest BCUT2D eigenvalue weighted by atomic mass is 10.1. The molecule has 0 spiro atoms. The Labute approximate surface area is 194 Å². The molecule has 1 aromatic rings. The number of unbranched alkanes of at least 4 members (excludes halogenated alkanes) is 4. The summed E-state index contributed by atoms with van der Waals surface area (Å²) in [5, 5.41) is 0. The summed E-state index contributed by atoms with van der Waals surface area (Å²) in [6, 6.07) is 7.70. The first-order valence-corrected chi connectivity index (χ1v) is 19.3. The lowest BCUT2D eigenvalue weighted by Crippen LogP contribution is -2.03. The summed E-state index contributed by atoms with van der Waals surface area (Å²) in [5.41, 5.74) is 3.47. The van der Waals surface area contributed by atoms with Crippen molar-refractivity contribution in [3.8, 4) is 0 Å². The molecule has 1 rings (SSSR count). The minimum atomic E-state index is -0.656. The van der Waals surface area contributed by atoms with Crippen molar-refractivity contribution < 1.29 is 0 Å². The number of rotatable bonds is 17. The van der Waals surface area contributed by atoms with Crippen LogP contribution < -0.4 is 0 Å². The molecule has 0 aliphatic heterocycles. The molecule has 0 fully saturated rings. The van der Waals surface area contributed by atoms with E-state index in [1.54, 1.807) is 16.0 Å². The van der Waals surface area contributed by atoms with Crippen molar-refractivity contribution >= 4 is 25.9 Å². The summed E-state index contributed by atoms with van der Waals surface area (Å²) in [6.07, 6.45) is 27.2. The standard InChI is InChI=1S/C27H52P2S/c1-8-12-18-28(19-13-9-2)23-25-16-17-27(30(5,6)7)22-26(25)24-29(20-14-10-3)21-15-11-4/h16-17,22H,8-15,18-21,23-24H2,1-7H3. The average Bonchev–Trinajstić information content (AvgIpc) is 2.72. The molecule has 0 N–H and O–H groups in total. The molecule has 0 atom stereocenters. The maximum atomic E-state index is 2.66. The van der Waals surface area contributed by atoms with Gasteiger partial charge >= 0.3 is 0 Å². The lowest BCUT2D eigenvalue weighted by Gasteiger charge is -2.29. The van der Waals surface area contributed by atoms with Gasteiger partial charge in [-0.25, -0.2) is 10.0 Å². The molecular weight excluding hydrogens is 418 g/mol. The Kier molecular flexibility index (Phi) is 15.3. The Hall–Kier alpha value is 0.430. The highest BCUT2D eigenvalue weighted by atomic mass is 32.3. The van der Waals surface area contributed by atoms with E-state index in [1.807, 2.05) is 0 Å². The molecular formula is C27H52P2S. The van der Waals surface area contributed by atoms with E-state index < -0.39 is 10.0 Å². The first-order valence-electron chi connectivity index (χ1n) is 12.6. The van der Waals surface area contributed by atoms with Crippen LogP contribution in [0, 0.1) is 0 Å². The van der Waals surface area contributed by atoms with Crippen LogP contribution in [0.2, 0.25) is 0 Å². The van der Waals surface area contributed by atoms with Gasteiger partial charge in [-0.1, -0.05) is 59.4 Å². The van der Waals surface area contributed by atoms with Crippen molar-refractivity contribution in [2.24, 2.45) is 0 Å². The summed E-state index contributed by atoms with van der Waals surface area (Å²) in [5.74, 6) is 0. The lowest BCUT2D eigenvalue weighted by molar-refractivity contribution is 0.863. The molecule has 1 aromatic carbocycles. The van der Waals surface area contributed by atoms with Crippen molar-refractivity contribution in [2.45, 2.75) is 96.3 Å². The van der Waals surface area contributed by atoms with E-state index in [4.69, 9.17) is 0 Å². The van der Waals surface area contributed by atoms with Gasteiger partial charge in [0.15, 0.2) is 0 Å². The van der Waals surface area contributed by atoms with E-state index in [1.165, 1.54) is 88.3 Å². The fraction of sp³-hybridized carbons (Fsp3) is 0.778. The van der Waals surface area contributed by atoms with Crippen LogP contribution in [0.3, 0.4) is 0 Å². The van der Waals surface area contributed by atoms with Crippen LogP contribution in [-0.4, -0.2) is 43.4 Å². The molecule has 0 unspecified atom stereocenters. The van der Waals surface area contributed by atoms with Crippen LogP contribution in [0.15, 0.2) is 23.1 Å². The highest BCUT2D eigenvalue weighted by Gasteiger charge is 2.17. The Morgan fingerprint density at radius 3 is 1.37 bits per heavy atom. The second-order valence-electron chi connectivity index (χ2n) is 9.73. The summed E-state index contributed by atoms with van der Waals surface area (Å²) in [4.78, 5) is 1.62. The van der Waals surface area contributed by atoms with Crippen LogP contribution in [0.1, 0.15) is 90.2 Å². The zero-order valence-corrected chi connectivity index (χ0v) is 24.0. The van der Waals surface area contributed by atoms with Gasteiger partial charge in [-0.05, 0) is 110 Å². The quantitative estimate of drug-likeness (QED) is 0.199. The first kappa shape index (κ1) is 28.5. The molecule has 0 saturated heterocycles. The molecule has 3 heteroatoms. The molecule has 0 aromatic heterocycles. The van der Waals surface area contributed by atoms with E-state index in [2.05, 4.69) is 64.7 Å². The predicted octanol–water partition coefficient (Wildman–Crippen LogP) is 9.90. The average molecular weight is 471 g/mol. The molecule has 0 amide bonds. The Morgan fingerprint density at radius 2 is 1.00 bits per heavy atom. The fourth-order valence-electron chi connectivity index (χ4n) is 3.83. The molecule has 0 radical (unpaired) electrons. The Balaban J connectivity index is 3.13. The van der Waals surface area contributed by atoms with E-state index in [0.717, 1.165) is 0 Å². The van der Waals surface area contributed by atoms with Crippen molar-refractivity contribution in [3.05, 3.63) is 29.3 Å². The van der Waals surface area contributed by atoms with Crippen LogP contribution >= 0.6 is 25.9 Å². The molecule has 30 heavy (non-hydrogen) atoms. The van der Waals surface area contributed by atoms with Gasteiger partial charge in [-0.3, -0.25) is 0 Å². The van der Waals surface area contributed by atoms with Gasteiger partial charge in [-0.2, -0.15) is 0 Å². The Bertz CT molecular complexity index is 548. The second kappa shape index (κ2) is 16.1. The molecule has 0 saturated carbocycles. The Morgan fingerprint density at radius 1 is 0.600 bits per heavy atom. The van der Waals surface area contributed by atoms with Gasteiger partial charge in [0, 0.05) is 0 Å². The van der Waals surface area contributed by atoms with Crippen LogP contribution in [-0.2, 0) is 12.3 Å². The summed E-state index contributed by atoms with van der Waals surface area (Å²) < 4.78 is 0. The van der Waals surface area contributed by atoms with Crippen molar-refractivity contribution in [1.29, 1.82) is 0 Å². The topological polar surface area (TPSA) is 0 Å². The molecule has 0 aliphatic rings. The third-order valence-electron chi connectivity index (χ3n) is 5.98. The maximum absolute atomic E-state index is 2.66. The highest BCUT2D eigenvalue weighted by Crippen LogP contribution is 2.50. The van der Waals surface area contributed by atoms with E-state index >= 15 is 0 Å². The molecule has 176 valence electrons. The second-order valence-corrected chi connectivity index (χ2v) is 19.0. The van der Waals surface area contributed by atoms with Crippen LogP contribution in [0.4, 0.5) is 0 Å². The molecule has 0 bridgehead atoms. The zero-order chi connectivity index (χ0) is 22.4. The highest BCUT2D eigenvalue weighted by molar-refractivity contribution is 8.32. The van der Waals surface area contributed by atoms with Gasteiger partial charge < -0.3 is 0 Å². The maximum Gasteiger partial charge on any atom is -0.00698 e. The third kappa shape index (κ3) is 11.3. The smallest absolute Gasteiger partial charge is 0.00698 e. The number of hydrogen-bond donors (Lipinski definition) is 0. The molecule has 0 aliphatic carbocycles. The summed E-state index contributed by atoms with van der Waals surface area (Å²) in [7, 11) is -0.335. The number of benzene rings is 1. The molecule has 0 nitrogen and oxygen atoms in total. The van der Waals surface area contributed by atoms with Gasteiger partial charge in [0.2, 0.25) is 0 Å². The van der Waals surface area contributed by atoms with E-state index in [9.17, 15) is 0 Å². The van der Waals surface area contributed by atoms with Gasteiger partial charge in [-0.15, -0.1) is 15.8 Å². The van der Waals surface area contributed by atoms with Crippen LogP contribution in [0.25, 0.3) is 0 Å². The van der Waals surface area contributed by atoms with Crippen molar-refractivity contribution in [2.75, 3.05) is 43.4 Å². The summed E-state index contributed by atoms with van der Waals surface area (Å²) in [6.45, 7) is 9.43. The first-order chi connectivity index (χ1) is 14.3. The minimum Gasteiger partial charge on any atom is -0.223 e. The monoisotopic (exact) mass is 470 g/mol. The number of hydrogen-bond acceptors (Lipinski definition) is 0. The molecule has 0 heterocycles. The van der Waals surface area contributed by atoms with Crippen molar-refractivity contribution in [1.82, 2.24) is 0 Å². The third-order valence-corrected chi connectivity index (χ3v) is 13.0. The van der Waals surface area contributed by atoms with Crippen LogP contribution in [0.5, 0.6) is 0 Å². The van der Waals surface area contributed by atoms with Gasteiger partial charge in [0.05, 0.1) is 0 Å². The van der Waals surface area contributed by atoms with Gasteiger partial charge in [0.1, 0.15) is 0 Å². The van der Waals surface area contributed by atoms with E-state index in [0.29, 0.717) is 0 Å². The minimum absolute atomic E-state index is 0.156. The van der Waals surface area contributed by atoms with Gasteiger partial charge in [0.25, 0.3) is 0 Å². The SMILES string of the molecule is CCCCP(CCCC)Cc1ccc(S(C)(C)C)cc1CP(CCCC)CCCC. The predicted molar refractivity (Wildman–Crippen MR) is 150 cm³/mol.